The molecule has 0 spiro atoms. The van der Waals surface area contributed by atoms with E-state index in [9.17, 15) is 19.2 Å². The van der Waals surface area contributed by atoms with Crippen LogP contribution in [0.3, 0.4) is 0 Å². The number of nitrogens with one attached hydrogen (secondary N) is 2. The fraction of sp³-hybridized carbons (Fsp3) is 0.350. The van der Waals surface area contributed by atoms with E-state index in [0.29, 0.717) is 29.3 Å². The lowest BCUT2D eigenvalue weighted by Crippen LogP contribution is -2.47. The number of nitrogens with zero attached hydrogens (tertiary/aromatic N) is 4. The summed E-state index contributed by atoms with van der Waals surface area (Å²) in [5.74, 6) is -0.300. The second kappa shape index (κ2) is 8.82. The third-order valence-electron chi connectivity index (χ3n) is 5.15. The van der Waals surface area contributed by atoms with Gasteiger partial charge >= 0.3 is 5.69 Å². The Morgan fingerprint density at radius 2 is 1.94 bits per heavy atom. The van der Waals surface area contributed by atoms with E-state index in [0.717, 1.165) is 17.8 Å². The van der Waals surface area contributed by atoms with Gasteiger partial charge < -0.3 is 19.7 Å². The van der Waals surface area contributed by atoms with Crippen LogP contribution in [-0.2, 0) is 11.3 Å². The Labute approximate surface area is 181 Å². The van der Waals surface area contributed by atoms with Crippen LogP contribution in [0.4, 0.5) is 5.13 Å². The van der Waals surface area contributed by atoms with Gasteiger partial charge in [-0.3, -0.25) is 19.4 Å². The zero-order valence-electron chi connectivity index (χ0n) is 17.0. The summed E-state index contributed by atoms with van der Waals surface area (Å²) in [5.41, 5.74) is 0.270. The molecule has 2 amide bonds. The molecule has 0 saturated carbocycles. The first-order chi connectivity index (χ1) is 14.9. The highest BCUT2D eigenvalue weighted by Gasteiger charge is 2.21. The highest BCUT2D eigenvalue weighted by molar-refractivity contribution is 7.22. The number of thiazole rings is 1. The summed E-state index contributed by atoms with van der Waals surface area (Å²) in [6.07, 6.45) is 1.40. The number of rotatable bonds is 5. The van der Waals surface area contributed by atoms with E-state index in [1.165, 1.54) is 28.2 Å². The molecule has 0 aliphatic carbocycles. The van der Waals surface area contributed by atoms with Crippen molar-refractivity contribution in [3.05, 3.63) is 56.9 Å². The van der Waals surface area contributed by atoms with Gasteiger partial charge in [0.05, 0.1) is 10.2 Å². The first kappa shape index (κ1) is 20.9. The molecule has 2 N–H and O–H groups in total. The van der Waals surface area contributed by atoms with Crippen LogP contribution in [0.5, 0.6) is 0 Å². The standard InChI is InChI=1S/C20H22N6O4S/c1-24-8-10-25(11-9-24)18(29)13-2-3-14-15(12-13)31-19(21-14)22-16(27)4-6-26-7-5-17(28)23-20(26)30/h2-3,5,7,12H,4,6,8-11H2,1H3,(H,21,22,27)(H,23,28,30). The normalized spacial score (nSPS) is 14.7. The predicted octanol–water partition coefficient (Wildman–Crippen LogP) is 0.563. The van der Waals surface area contributed by atoms with E-state index in [1.807, 2.05) is 18.0 Å². The molecule has 2 aromatic heterocycles. The van der Waals surface area contributed by atoms with Crippen molar-refractivity contribution in [3.8, 4) is 0 Å². The molecule has 3 aromatic rings. The second-order valence-electron chi connectivity index (χ2n) is 7.40. The number of likely N-dealkylation sites (N-methyl/N-ethyl adjacent to an activating group) is 1. The van der Waals surface area contributed by atoms with Crippen LogP contribution < -0.4 is 16.6 Å². The lowest BCUT2D eigenvalue weighted by atomic mass is 10.1. The average Bonchev–Trinajstić information content (AvgIpc) is 3.14. The molecule has 1 fully saturated rings. The lowest BCUT2D eigenvalue weighted by molar-refractivity contribution is -0.116. The van der Waals surface area contributed by atoms with E-state index in [1.54, 1.807) is 12.1 Å². The number of carbonyl (C=O) groups is 2. The van der Waals surface area contributed by atoms with Crippen LogP contribution in [0, 0.1) is 0 Å². The molecule has 31 heavy (non-hydrogen) atoms. The van der Waals surface area contributed by atoms with Crippen molar-refractivity contribution in [2.45, 2.75) is 13.0 Å². The molecule has 11 heteroatoms. The predicted molar refractivity (Wildman–Crippen MR) is 118 cm³/mol. The van der Waals surface area contributed by atoms with Gasteiger partial charge in [-0.25, -0.2) is 9.78 Å². The number of aryl methyl sites for hydroxylation is 1. The van der Waals surface area contributed by atoms with Crippen LogP contribution in [0.15, 0.2) is 40.1 Å². The van der Waals surface area contributed by atoms with Crippen molar-refractivity contribution in [1.82, 2.24) is 24.3 Å². The van der Waals surface area contributed by atoms with E-state index in [-0.39, 0.29) is 24.8 Å². The summed E-state index contributed by atoms with van der Waals surface area (Å²) in [5, 5.41) is 3.16. The van der Waals surface area contributed by atoms with E-state index in [2.05, 4.69) is 20.2 Å². The fourth-order valence-corrected chi connectivity index (χ4v) is 4.25. The largest absolute Gasteiger partial charge is 0.336 e. The van der Waals surface area contributed by atoms with Crippen LogP contribution >= 0.6 is 11.3 Å². The summed E-state index contributed by atoms with van der Waals surface area (Å²) in [4.78, 5) is 58.4. The maximum Gasteiger partial charge on any atom is 0.328 e. The number of anilines is 1. The molecule has 4 rings (SSSR count). The number of hydrogen-bond donors (Lipinski definition) is 2. The van der Waals surface area contributed by atoms with Gasteiger partial charge in [0, 0.05) is 57.0 Å². The summed E-state index contributed by atoms with van der Waals surface area (Å²) in [6.45, 7) is 3.26. The van der Waals surface area contributed by atoms with E-state index < -0.39 is 11.2 Å². The maximum atomic E-state index is 12.8. The quantitative estimate of drug-likeness (QED) is 0.596. The zero-order valence-corrected chi connectivity index (χ0v) is 17.8. The van der Waals surface area contributed by atoms with Crippen molar-refractivity contribution in [1.29, 1.82) is 0 Å². The van der Waals surface area contributed by atoms with Crippen LogP contribution in [-0.4, -0.2) is 69.4 Å². The Hall–Kier alpha value is -3.31. The molecule has 0 atom stereocenters. The smallest absolute Gasteiger partial charge is 0.328 e. The fourth-order valence-electron chi connectivity index (χ4n) is 3.33. The molecule has 1 aliphatic rings. The molecule has 3 heterocycles. The second-order valence-corrected chi connectivity index (χ2v) is 8.43. The highest BCUT2D eigenvalue weighted by atomic mass is 32.1. The number of aromatic amines is 1. The van der Waals surface area contributed by atoms with Crippen molar-refractivity contribution in [2.24, 2.45) is 0 Å². The van der Waals surface area contributed by atoms with Crippen LogP contribution in [0.2, 0.25) is 0 Å². The molecule has 0 radical (unpaired) electrons. The minimum atomic E-state index is -0.558. The van der Waals surface area contributed by atoms with Crippen molar-refractivity contribution < 1.29 is 9.59 Å². The van der Waals surface area contributed by atoms with E-state index in [4.69, 9.17) is 0 Å². The third kappa shape index (κ3) is 4.89. The highest BCUT2D eigenvalue weighted by Crippen LogP contribution is 2.27. The lowest BCUT2D eigenvalue weighted by Gasteiger charge is -2.32. The van der Waals surface area contributed by atoms with Crippen molar-refractivity contribution in [2.75, 3.05) is 38.5 Å². The van der Waals surface area contributed by atoms with Crippen molar-refractivity contribution >= 4 is 38.5 Å². The number of carbonyl (C=O) groups excluding carboxylic acids is 2. The van der Waals surface area contributed by atoms with Crippen molar-refractivity contribution in [3.63, 3.8) is 0 Å². The summed E-state index contributed by atoms with van der Waals surface area (Å²) in [6, 6.07) is 6.58. The first-order valence-corrected chi connectivity index (χ1v) is 10.7. The van der Waals surface area contributed by atoms with Gasteiger partial charge in [-0.15, -0.1) is 0 Å². The molecule has 1 saturated heterocycles. The third-order valence-corrected chi connectivity index (χ3v) is 6.08. The number of amides is 2. The van der Waals surface area contributed by atoms with Gasteiger partial charge in [0.25, 0.3) is 11.5 Å². The Balaban J connectivity index is 1.40. The minimum Gasteiger partial charge on any atom is -0.336 e. The molecule has 162 valence electrons. The minimum absolute atomic E-state index is 0.000306. The molecular weight excluding hydrogens is 420 g/mol. The number of aromatic nitrogens is 3. The number of hydrogen-bond acceptors (Lipinski definition) is 7. The Morgan fingerprint density at radius 3 is 2.68 bits per heavy atom. The van der Waals surface area contributed by atoms with Gasteiger partial charge in [0.15, 0.2) is 5.13 Å². The van der Waals surface area contributed by atoms with E-state index >= 15 is 0 Å². The van der Waals surface area contributed by atoms with Gasteiger partial charge in [0.2, 0.25) is 5.91 Å². The van der Waals surface area contributed by atoms with Gasteiger partial charge in [-0.2, -0.15) is 0 Å². The first-order valence-electron chi connectivity index (χ1n) is 9.87. The Kier molecular flexibility index (Phi) is 5.96. The molecule has 0 unspecified atom stereocenters. The average molecular weight is 443 g/mol. The molecule has 1 aliphatic heterocycles. The van der Waals surface area contributed by atoms with Gasteiger partial charge in [-0.1, -0.05) is 11.3 Å². The van der Waals surface area contributed by atoms with Gasteiger partial charge in [0.1, 0.15) is 0 Å². The van der Waals surface area contributed by atoms with Gasteiger partial charge in [-0.05, 0) is 25.2 Å². The number of piperazine rings is 1. The topological polar surface area (TPSA) is 120 Å². The zero-order chi connectivity index (χ0) is 22.0. The molecule has 10 nitrogen and oxygen atoms in total. The maximum absolute atomic E-state index is 12.8. The summed E-state index contributed by atoms with van der Waals surface area (Å²) >= 11 is 1.29. The monoisotopic (exact) mass is 442 g/mol. The Bertz CT molecular complexity index is 1240. The number of benzene rings is 1. The molecule has 0 bridgehead atoms. The Morgan fingerprint density at radius 1 is 1.16 bits per heavy atom. The number of fused-ring (bicyclic) bond motifs is 1. The molecular formula is C20H22N6O4S. The van der Waals surface area contributed by atoms with Crippen LogP contribution in [0.25, 0.3) is 10.2 Å². The summed E-state index contributed by atoms with van der Waals surface area (Å²) < 4.78 is 2.07. The number of H-pyrrole nitrogens is 1. The molecule has 1 aromatic carbocycles. The SMILES string of the molecule is CN1CCN(C(=O)c2ccc3nc(NC(=O)CCn4ccc(=O)[nH]c4=O)sc3c2)CC1. The van der Waals surface area contributed by atoms with Crippen LogP contribution in [0.1, 0.15) is 16.8 Å². The summed E-state index contributed by atoms with van der Waals surface area (Å²) in [7, 11) is 2.04.